The van der Waals surface area contributed by atoms with Crippen LogP contribution in [-0.2, 0) is 0 Å². The van der Waals surface area contributed by atoms with Crippen LogP contribution in [0, 0.1) is 0 Å². The quantitative estimate of drug-likeness (QED) is 0.752. The van der Waals surface area contributed by atoms with E-state index >= 15 is 0 Å². The molecule has 1 aromatic rings. The largest absolute Gasteiger partial charge is 0.393 e. The zero-order valence-electron chi connectivity index (χ0n) is 9.82. The Morgan fingerprint density at radius 3 is 2.33 bits per heavy atom. The van der Waals surface area contributed by atoms with Gasteiger partial charge in [0.2, 0.25) is 0 Å². The van der Waals surface area contributed by atoms with Crippen LogP contribution in [0.15, 0.2) is 30.3 Å². The average molecular weight is 206 g/mol. The molecule has 0 saturated heterocycles. The van der Waals surface area contributed by atoms with Crippen molar-refractivity contribution in [2.24, 2.45) is 0 Å². The maximum atomic E-state index is 9.21. The zero-order chi connectivity index (χ0) is 11.1. The molecule has 1 N–H and O–H groups in total. The molecule has 0 spiro atoms. The van der Waals surface area contributed by atoms with E-state index in [1.807, 2.05) is 6.92 Å². The second-order valence-electron chi connectivity index (χ2n) is 4.30. The fourth-order valence-corrected chi connectivity index (χ4v) is 1.99. The Balaban J connectivity index is 2.43. The summed E-state index contributed by atoms with van der Waals surface area (Å²) in [6.07, 6.45) is 4.25. The molecule has 0 amide bonds. The number of aliphatic hydroxyl groups is 1. The molecule has 1 rings (SSSR count). The summed E-state index contributed by atoms with van der Waals surface area (Å²) in [6.45, 7) is 4.10. The molecule has 84 valence electrons. The van der Waals surface area contributed by atoms with Crippen LogP contribution in [0.3, 0.4) is 0 Å². The van der Waals surface area contributed by atoms with Crippen molar-refractivity contribution in [2.75, 3.05) is 0 Å². The van der Waals surface area contributed by atoms with Gasteiger partial charge in [0.15, 0.2) is 0 Å². The second-order valence-corrected chi connectivity index (χ2v) is 4.30. The molecular weight excluding hydrogens is 184 g/mol. The maximum absolute atomic E-state index is 9.21. The normalized spacial score (nSPS) is 14.9. The smallest absolute Gasteiger partial charge is 0.0512 e. The summed E-state index contributed by atoms with van der Waals surface area (Å²) in [6, 6.07) is 10.7. The van der Waals surface area contributed by atoms with Gasteiger partial charge in [0.25, 0.3) is 0 Å². The van der Waals surface area contributed by atoms with Crippen LogP contribution < -0.4 is 0 Å². The van der Waals surface area contributed by atoms with Crippen molar-refractivity contribution in [3.8, 4) is 0 Å². The van der Waals surface area contributed by atoms with E-state index in [4.69, 9.17) is 0 Å². The van der Waals surface area contributed by atoms with Gasteiger partial charge < -0.3 is 5.11 Å². The van der Waals surface area contributed by atoms with E-state index in [0.717, 1.165) is 12.8 Å². The summed E-state index contributed by atoms with van der Waals surface area (Å²) in [5.74, 6) is 0.657. The van der Waals surface area contributed by atoms with Gasteiger partial charge in [-0.15, -0.1) is 0 Å². The first-order chi connectivity index (χ1) is 7.24. The summed E-state index contributed by atoms with van der Waals surface area (Å²) < 4.78 is 0. The van der Waals surface area contributed by atoms with Gasteiger partial charge in [0.05, 0.1) is 6.10 Å². The van der Waals surface area contributed by atoms with E-state index in [1.165, 1.54) is 18.4 Å². The second kappa shape index (κ2) is 6.62. The summed E-state index contributed by atoms with van der Waals surface area (Å²) in [5, 5.41) is 9.21. The summed E-state index contributed by atoms with van der Waals surface area (Å²) >= 11 is 0. The molecule has 1 nitrogen and oxygen atoms in total. The lowest BCUT2D eigenvalue weighted by Crippen LogP contribution is -2.02. The Bertz CT molecular complexity index is 253. The number of benzene rings is 1. The van der Waals surface area contributed by atoms with Crippen LogP contribution in [0.25, 0.3) is 0 Å². The maximum Gasteiger partial charge on any atom is 0.0512 e. The highest BCUT2D eigenvalue weighted by atomic mass is 16.3. The summed E-state index contributed by atoms with van der Waals surface area (Å²) in [7, 11) is 0. The lowest BCUT2D eigenvalue weighted by Gasteiger charge is -2.15. The predicted octanol–water partition coefficient (Wildman–Crippen LogP) is 3.73. The number of hydrogen-bond acceptors (Lipinski definition) is 1. The average Bonchev–Trinajstić information content (AvgIpc) is 2.25. The van der Waals surface area contributed by atoms with E-state index in [-0.39, 0.29) is 6.10 Å². The molecule has 15 heavy (non-hydrogen) atoms. The highest BCUT2D eigenvalue weighted by Crippen LogP contribution is 2.25. The SMILES string of the molecule is CC[C@@H](CCC[C@H](C)O)c1ccccc1. The minimum absolute atomic E-state index is 0.154. The Morgan fingerprint density at radius 1 is 1.13 bits per heavy atom. The van der Waals surface area contributed by atoms with Gasteiger partial charge >= 0.3 is 0 Å². The van der Waals surface area contributed by atoms with E-state index in [9.17, 15) is 5.11 Å². The van der Waals surface area contributed by atoms with Gasteiger partial charge in [-0.1, -0.05) is 43.7 Å². The summed E-state index contributed by atoms with van der Waals surface area (Å²) in [5.41, 5.74) is 1.44. The Morgan fingerprint density at radius 2 is 1.80 bits per heavy atom. The van der Waals surface area contributed by atoms with E-state index in [2.05, 4.69) is 37.3 Å². The van der Waals surface area contributed by atoms with E-state index in [0.29, 0.717) is 5.92 Å². The van der Waals surface area contributed by atoms with Crippen LogP contribution in [0.5, 0.6) is 0 Å². The minimum atomic E-state index is -0.154. The fraction of sp³-hybridized carbons (Fsp3) is 0.571. The van der Waals surface area contributed by atoms with Crippen LogP contribution in [-0.4, -0.2) is 11.2 Å². The third-order valence-corrected chi connectivity index (χ3v) is 2.94. The molecule has 0 aromatic heterocycles. The standard InChI is InChI=1S/C14H22O/c1-3-13(11-7-8-12(2)15)14-9-5-4-6-10-14/h4-6,9-10,12-13,15H,3,7-8,11H2,1-2H3/t12-,13-/m0/s1. The molecule has 1 aromatic carbocycles. The molecule has 0 saturated carbocycles. The molecule has 0 fully saturated rings. The molecule has 1 heteroatoms. The number of rotatable bonds is 6. The summed E-state index contributed by atoms with van der Waals surface area (Å²) in [4.78, 5) is 0. The molecule has 2 atom stereocenters. The highest BCUT2D eigenvalue weighted by molar-refractivity contribution is 5.19. The number of hydrogen-bond donors (Lipinski definition) is 1. The molecular formula is C14H22O. The van der Waals surface area contributed by atoms with Crippen molar-refractivity contribution in [1.29, 1.82) is 0 Å². The molecule has 0 aliphatic carbocycles. The first kappa shape index (κ1) is 12.3. The van der Waals surface area contributed by atoms with Gasteiger partial charge in [-0.2, -0.15) is 0 Å². The van der Waals surface area contributed by atoms with Gasteiger partial charge in [-0.05, 0) is 37.7 Å². The molecule has 0 bridgehead atoms. The van der Waals surface area contributed by atoms with E-state index < -0.39 is 0 Å². The van der Waals surface area contributed by atoms with Crippen molar-refractivity contribution < 1.29 is 5.11 Å². The van der Waals surface area contributed by atoms with Crippen LogP contribution in [0.1, 0.15) is 51.0 Å². The minimum Gasteiger partial charge on any atom is -0.393 e. The molecule has 0 aliphatic heterocycles. The Kier molecular flexibility index (Phi) is 5.41. The third-order valence-electron chi connectivity index (χ3n) is 2.94. The first-order valence-electron chi connectivity index (χ1n) is 5.97. The lowest BCUT2D eigenvalue weighted by atomic mass is 9.91. The molecule has 0 unspecified atom stereocenters. The van der Waals surface area contributed by atoms with Gasteiger partial charge in [0.1, 0.15) is 0 Å². The van der Waals surface area contributed by atoms with Gasteiger partial charge in [-0.3, -0.25) is 0 Å². The van der Waals surface area contributed by atoms with Crippen molar-refractivity contribution in [3.05, 3.63) is 35.9 Å². The van der Waals surface area contributed by atoms with Crippen LogP contribution in [0.4, 0.5) is 0 Å². The molecule has 0 heterocycles. The fourth-order valence-electron chi connectivity index (χ4n) is 1.99. The monoisotopic (exact) mass is 206 g/mol. The zero-order valence-corrected chi connectivity index (χ0v) is 9.82. The van der Waals surface area contributed by atoms with Gasteiger partial charge in [0, 0.05) is 0 Å². The lowest BCUT2D eigenvalue weighted by molar-refractivity contribution is 0.179. The topological polar surface area (TPSA) is 20.2 Å². The molecule has 0 radical (unpaired) electrons. The van der Waals surface area contributed by atoms with Crippen molar-refractivity contribution in [2.45, 2.75) is 51.6 Å². The first-order valence-corrected chi connectivity index (χ1v) is 5.97. The number of aliphatic hydroxyl groups excluding tert-OH is 1. The van der Waals surface area contributed by atoms with Gasteiger partial charge in [-0.25, -0.2) is 0 Å². The third kappa shape index (κ3) is 4.48. The van der Waals surface area contributed by atoms with Crippen molar-refractivity contribution >= 4 is 0 Å². The van der Waals surface area contributed by atoms with Crippen LogP contribution >= 0.6 is 0 Å². The van der Waals surface area contributed by atoms with Crippen molar-refractivity contribution in [1.82, 2.24) is 0 Å². The predicted molar refractivity (Wildman–Crippen MR) is 65.0 cm³/mol. The van der Waals surface area contributed by atoms with Crippen LogP contribution in [0.2, 0.25) is 0 Å². The van der Waals surface area contributed by atoms with Crippen molar-refractivity contribution in [3.63, 3.8) is 0 Å². The van der Waals surface area contributed by atoms with E-state index in [1.54, 1.807) is 0 Å². The Hall–Kier alpha value is -0.820. The highest BCUT2D eigenvalue weighted by Gasteiger charge is 2.08. The molecule has 0 aliphatic rings. The Labute approximate surface area is 93.1 Å².